The van der Waals surface area contributed by atoms with E-state index in [9.17, 15) is 14.4 Å². The summed E-state index contributed by atoms with van der Waals surface area (Å²) in [6, 6.07) is 6.50. The van der Waals surface area contributed by atoms with Gasteiger partial charge < -0.3 is 32.6 Å². The third kappa shape index (κ3) is 8.15. The largest absolute Gasteiger partial charge is 0.331 e. The van der Waals surface area contributed by atoms with Crippen molar-refractivity contribution in [3.8, 4) is 0 Å². The number of nitrogens with zero attached hydrogens (tertiary/aromatic N) is 1. The molecule has 10 heteroatoms. The van der Waals surface area contributed by atoms with Crippen LogP contribution in [-0.2, 0) is 30.4 Å². The molecule has 3 fully saturated rings. The number of hydrogen-bond acceptors (Lipinski definition) is 9. The Balaban J connectivity index is 1.80. The summed E-state index contributed by atoms with van der Waals surface area (Å²) < 4.78 is 0. The van der Waals surface area contributed by atoms with Crippen LogP contribution in [0, 0.1) is 17.3 Å². The van der Waals surface area contributed by atoms with Gasteiger partial charge in [0.2, 0.25) is 5.91 Å². The van der Waals surface area contributed by atoms with Crippen molar-refractivity contribution in [2.45, 2.75) is 139 Å². The molecular formula is C38H59N5O5. The van der Waals surface area contributed by atoms with Crippen molar-refractivity contribution in [2.75, 3.05) is 13.1 Å². The highest BCUT2D eigenvalue weighted by Crippen LogP contribution is 2.50. The van der Waals surface area contributed by atoms with Gasteiger partial charge in [-0.15, -0.1) is 0 Å². The topological polar surface area (TPSA) is 193 Å². The molecule has 10 nitrogen and oxygen atoms in total. The molecule has 8 N–H and O–H groups in total. The lowest BCUT2D eigenvalue weighted by molar-refractivity contribution is -0.164. The second kappa shape index (κ2) is 17.7. The van der Waals surface area contributed by atoms with Gasteiger partial charge in [0.05, 0.1) is 18.1 Å². The average molecular weight is 666 g/mol. The van der Waals surface area contributed by atoms with Crippen LogP contribution in [0.3, 0.4) is 0 Å². The van der Waals surface area contributed by atoms with Gasteiger partial charge in [0.1, 0.15) is 17.5 Å². The zero-order valence-corrected chi connectivity index (χ0v) is 28.8. The maximum Gasteiger partial charge on any atom is 0.240 e. The number of hydrogen-bond donors (Lipinski definition) is 4. The van der Waals surface area contributed by atoms with Gasteiger partial charge in [0.15, 0.2) is 17.1 Å². The van der Waals surface area contributed by atoms with E-state index in [1.54, 1.807) is 0 Å². The van der Waals surface area contributed by atoms with E-state index in [1.807, 2.05) is 30.3 Å². The molecule has 1 saturated heterocycles. The zero-order valence-electron chi connectivity index (χ0n) is 28.8. The zero-order chi connectivity index (χ0) is 34.7. The first kappa shape index (κ1) is 38.0. The highest BCUT2D eigenvalue weighted by atomic mass is 16.2. The van der Waals surface area contributed by atoms with Gasteiger partial charge in [-0.1, -0.05) is 88.1 Å². The summed E-state index contributed by atoms with van der Waals surface area (Å²) in [7, 11) is 0. The fraction of sp³-hybridized carbons (Fsp3) is 0.711. The van der Waals surface area contributed by atoms with Crippen molar-refractivity contribution in [2.24, 2.45) is 40.2 Å². The van der Waals surface area contributed by atoms with Crippen LogP contribution in [-0.4, -0.2) is 71.2 Å². The van der Waals surface area contributed by atoms with E-state index < -0.39 is 52.3 Å². The van der Waals surface area contributed by atoms with Gasteiger partial charge in [0.25, 0.3) is 0 Å². The number of rotatable bonds is 18. The van der Waals surface area contributed by atoms with Crippen molar-refractivity contribution in [1.29, 1.82) is 0 Å². The van der Waals surface area contributed by atoms with Crippen LogP contribution in [0.4, 0.5) is 0 Å². The number of benzene rings is 1. The molecule has 1 aromatic carbocycles. The van der Waals surface area contributed by atoms with Crippen molar-refractivity contribution in [3.05, 3.63) is 35.9 Å². The molecule has 5 atom stereocenters. The third-order valence-corrected chi connectivity index (χ3v) is 11.5. The van der Waals surface area contributed by atoms with Gasteiger partial charge in [-0.2, -0.15) is 0 Å². The Kier molecular flexibility index (Phi) is 14.1. The predicted octanol–water partition coefficient (Wildman–Crippen LogP) is 3.53. The maximum absolute atomic E-state index is 15.4. The van der Waals surface area contributed by atoms with E-state index in [2.05, 4.69) is 0 Å². The van der Waals surface area contributed by atoms with E-state index in [4.69, 9.17) is 22.9 Å². The van der Waals surface area contributed by atoms with Crippen LogP contribution < -0.4 is 22.9 Å². The Morgan fingerprint density at radius 1 is 0.854 bits per heavy atom. The highest BCUT2D eigenvalue weighted by Gasteiger charge is 2.68. The monoisotopic (exact) mass is 665 g/mol. The molecule has 0 aromatic heterocycles. The van der Waals surface area contributed by atoms with Gasteiger partial charge in [0, 0.05) is 13.0 Å². The molecule has 1 aromatic rings. The smallest absolute Gasteiger partial charge is 0.240 e. The quantitative estimate of drug-likeness (QED) is 0.103. The predicted molar refractivity (Wildman–Crippen MR) is 187 cm³/mol. The molecular weight excluding hydrogens is 606 g/mol. The molecule has 266 valence electrons. The van der Waals surface area contributed by atoms with Crippen LogP contribution in [0.2, 0.25) is 0 Å². The Morgan fingerprint density at radius 2 is 1.50 bits per heavy atom. The number of aldehydes is 1. The van der Waals surface area contributed by atoms with Crippen LogP contribution in [0.5, 0.6) is 0 Å². The summed E-state index contributed by atoms with van der Waals surface area (Å²) in [5, 5.41) is 0. The first-order valence-electron chi connectivity index (χ1n) is 18.5. The van der Waals surface area contributed by atoms with E-state index in [1.165, 1.54) is 4.90 Å². The van der Waals surface area contributed by atoms with E-state index >= 15 is 9.59 Å². The molecule has 48 heavy (non-hydrogen) atoms. The lowest BCUT2D eigenvalue weighted by Crippen LogP contribution is -2.75. The number of Topliss-reactive ketones (excluding diaryl/α,β-unsaturated/α-hetero) is 3. The first-order valence-corrected chi connectivity index (χ1v) is 18.5. The van der Waals surface area contributed by atoms with Crippen LogP contribution in [0.1, 0.15) is 115 Å². The van der Waals surface area contributed by atoms with E-state index in [0.29, 0.717) is 70.7 Å². The molecule has 1 heterocycles. The van der Waals surface area contributed by atoms with Crippen LogP contribution >= 0.6 is 0 Å². The standard InChI is InChI=1S/C38H59N5O5/c39-23-11-10-19-30(40)36(48)43-24-12-20-32(43)35(47)38(29-17-8-3-9-18-29,33(45)22-21-27-13-4-1-5-14-27)37(42,26-44)34(46)31(41)25-28-15-6-2-7-16-28/h1,4-5,13-14,26,28-32H,2-3,6-12,15-25,39-42H2/t30-,31+,32-,37-,38?/m0/s1. The third-order valence-electron chi connectivity index (χ3n) is 11.5. The number of ketones is 3. The van der Waals surface area contributed by atoms with Crippen LogP contribution in [0.15, 0.2) is 30.3 Å². The first-order chi connectivity index (χ1) is 23.1. The molecule has 1 amide bonds. The second-order valence-corrected chi connectivity index (χ2v) is 14.7. The number of nitrogens with two attached hydrogens (primary N) is 4. The minimum atomic E-state index is -2.48. The van der Waals surface area contributed by atoms with E-state index in [-0.39, 0.29) is 18.2 Å². The Hall–Kier alpha value is -2.79. The molecule has 2 aliphatic carbocycles. The lowest BCUT2D eigenvalue weighted by Gasteiger charge is -2.50. The molecule has 1 unspecified atom stereocenters. The SMILES string of the molecule is NCCCC[C@H](N)C(=O)N1CCC[C@H]1C(=O)C(C(=O)CCc1ccccc1)(C1CCCCC1)[C@](N)(C=O)C(=O)[C@H](N)CC1CCCCC1. The maximum atomic E-state index is 15.4. The summed E-state index contributed by atoms with van der Waals surface area (Å²) in [5.74, 6) is -2.65. The number of carbonyl (C=O) groups excluding carboxylic acids is 5. The molecule has 0 bridgehead atoms. The molecule has 1 aliphatic heterocycles. The Bertz CT molecular complexity index is 1250. The van der Waals surface area contributed by atoms with Crippen molar-refractivity contribution < 1.29 is 24.0 Å². The summed E-state index contributed by atoms with van der Waals surface area (Å²) in [5.41, 5.74) is 22.0. The van der Waals surface area contributed by atoms with Crippen LogP contribution in [0.25, 0.3) is 0 Å². The molecule has 0 radical (unpaired) electrons. The minimum absolute atomic E-state index is 0.0799. The molecule has 0 spiro atoms. The Morgan fingerprint density at radius 3 is 2.12 bits per heavy atom. The second-order valence-electron chi connectivity index (χ2n) is 14.7. The Labute approximate surface area is 286 Å². The van der Waals surface area contributed by atoms with Crippen molar-refractivity contribution in [1.82, 2.24) is 4.90 Å². The van der Waals surface area contributed by atoms with E-state index in [0.717, 1.165) is 63.4 Å². The van der Waals surface area contributed by atoms with Crippen molar-refractivity contribution >= 4 is 29.5 Å². The van der Waals surface area contributed by atoms with Gasteiger partial charge in [-0.3, -0.25) is 19.2 Å². The molecule has 2 saturated carbocycles. The normalized spacial score (nSPS) is 23.1. The minimum Gasteiger partial charge on any atom is -0.331 e. The lowest BCUT2D eigenvalue weighted by atomic mass is 9.51. The fourth-order valence-corrected chi connectivity index (χ4v) is 8.93. The molecule has 3 aliphatic rings. The van der Waals surface area contributed by atoms with Gasteiger partial charge >= 0.3 is 0 Å². The summed E-state index contributed by atoms with van der Waals surface area (Å²) in [6.45, 7) is 0.786. The number of carbonyl (C=O) groups is 5. The number of amides is 1. The number of unbranched alkanes of at least 4 members (excludes halogenated alkanes) is 1. The number of likely N-dealkylation sites (tertiary alicyclic amines) is 1. The average Bonchev–Trinajstić information content (AvgIpc) is 3.61. The number of aryl methyl sites for hydroxylation is 1. The summed E-state index contributed by atoms with van der Waals surface area (Å²) >= 11 is 0. The summed E-state index contributed by atoms with van der Waals surface area (Å²) in [4.78, 5) is 73.9. The van der Waals surface area contributed by atoms with Gasteiger partial charge in [-0.25, -0.2) is 0 Å². The highest BCUT2D eigenvalue weighted by molar-refractivity contribution is 6.22. The molecule has 4 rings (SSSR count). The summed E-state index contributed by atoms with van der Waals surface area (Å²) in [6.07, 6.45) is 12.0. The van der Waals surface area contributed by atoms with Crippen molar-refractivity contribution in [3.63, 3.8) is 0 Å². The van der Waals surface area contributed by atoms with Gasteiger partial charge in [-0.05, 0) is 75.3 Å². The fourth-order valence-electron chi connectivity index (χ4n) is 8.93.